The van der Waals surface area contributed by atoms with E-state index in [1.807, 2.05) is 24.3 Å². The monoisotopic (exact) mass is 360 g/mol. The van der Waals surface area contributed by atoms with Crippen molar-refractivity contribution in [3.8, 4) is 0 Å². The van der Waals surface area contributed by atoms with E-state index in [9.17, 15) is 0 Å². The molecule has 0 fully saturated rings. The molecular formula is C26H20N2. The number of fused-ring (bicyclic) bond motifs is 2. The van der Waals surface area contributed by atoms with Gasteiger partial charge in [0.15, 0.2) is 0 Å². The first-order chi connectivity index (χ1) is 13.9. The highest BCUT2D eigenvalue weighted by molar-refractivity contribution is 5.92. The fourth-order valence-electron chi connectivity index (χ4n) is 4.06. The van der Waals surface area contributed by atoms with E-state index in [0.29, 0.717) is 0 Å². The Hall–Kier alpha value is -3.52. The second-order valence-corrected chi connectivity index (χ2v) is 7.12. The lowest BCUT2D eigenvalue weighted by Gasteiger charge is -2.32. The first-order valence-corrected chi connectivity index (χ1v) is 9.59. The molecule has 0 N–H and O–H groups in total. The minimum Gasteiger partial charge on any atom is -0.172 e. The number of benzene rings is 4. The van der Waals surface area contributed by atoms with Gasteiger partial charge >= 0.3 is 0 Å². The molecule has 4 aromatic rings. The van der Waals surface area contributed by atoms with Gasteiger partial charge in [0.1, 0.15) is 5.54 Å². The molecule has 0 spiro atoms. The molecule has 0 saturated heterocycles. The summed E-state index contributed by atoms with van der Waals surface area (Å²) in [6, 6.07) is 33.5. The first kappa shape index (κ1) is 16.6. The lowest BCUT2D eigenvalue weighted by molar-refractivity contribution is 0.517. The average molecular weight is 360 g/mol. The van der Waals surface area contributed by atoms with Gasteiger partial charge in [-0.05, 0) is 28.1 Å². The van der Waals surface area contributed by atoms with E-state index in [-0.39, 0.29) is 0 Å². The Morgan fingerprint density at radius 2 is 1.43 bits per heavy atom. The highest BCUT2D eigenvalue weighted by Gasteiger charge is 2.36. The van der Waals surface area contributed by atoms with Crippen LogP contribution in [0.3, 0.4) is 0 Å². The molecule has 5 rings (SSSR count). The molecule has 134 valence electrons. The van der Waals surface area contributed by atoms with Gasteiger partial charge in [-0.3, -0.25) is 0 Å². The van der Waals surface area contributed by atoms with Crippen molar-refractivity contribution in [2.24, 2.45) is 10.2 Å². The topological polar surface area (TPSA) is 24.7 Å². The summed E-state index contributed by atoms with van der Waals surface area (Å²) in [4.78, 5) is 0. The number of nitrogens with zero attached hydrogens (tertiary/aromatic N) is 2. The standard InChI is InChI=1S/C26H20N2/c1-2-14-22(15-3-1)26(19-9-13-21-11-5-7-17-24(21)26)28-27-25-18-8-12-20-10-4-6-16-23(20)25/h1-18H,19H2. The third-order valence-corrected chi connectivity index (χ3v) is 5.46. The summed E-state index contributed by atoms with van der Waals surface area (Å²) in [5.74, 6) is 0. The van der Waals surface area contributed by atoms with Crippen LogP contribution in [0.4, 0.5) is 5.69 Å². The highest BCUT2D eigenvalue weighted by Crippen LogP contribution is 2.43. The van der Waals surface area contributed by atoms with Crippen molar-refractivity contribution >= 4 is 22.5 Å². The predicted molar refractivity (Wildman–Crippen MR) is 116 cm³/mol. The zero-order chi connectivity index (χ0) is 18.8. The molecule has 0 radical (unpaired) electrons. The maximum Gasteiger partial charge on any atom is 0.136 e. The van der Waals surface area contributed by atoms with Crippen LogP contribution in [0.1, 0.15) is 23.1 Å². The Kier molecular flexibility index (Phi) is 4.10. The zero-order valence-electron chi connectivity index (χ0n) is 15.5. The summed E-state index contributed by atoms with van der Waals surface area (Å²) in [6.45, 7) is 0. The van der Waals surface area contributed by atoms with Crippen LogP contribution >= 0.6 is 0 Å². The molecule has 1 aliphatic rings. The van der Waals surface area contributed by atoms with Crippen LogP contribution in [0, 0.1) is 0 Å². The van der Waals surface area contributed by atoms with Crippen LogP contribution in [0.25, 0.3) is 16.8 Å². The Bertz CT molecular complexity index is 1190. The number of azo groups is 1. The van der Waals surface area contributed by atoms with E-state index in [2.05, 4.69) is 84.9 Å². The van der Waals surface area contributed by atoms with E-state index in [0.717, 1.165) is 23.1 Å². The van der Waals surface area contributed by atoms with Gasteiger partial charge in [-0.1, -0.05) is 103 Å². The number of hydrogen-bond acceptors (Lipinski definition) is 2. The minimum absolute atomic E-state index is 0.510. The Morgan fingerprint density at radius 1 is 0.679 bits per heavy atom. The van der Waals surface area contributed by atoms with Gasteiger partial charge in [0.05, 0.1) is 5.69 Å². The average Bonchev–Trinajstić information content (AvgIpc) is 2.78. The molecule has 0 amide bonds. The zero-order valence-corrected chi connectivity index (χ0v) is 15.5. The van der Waals surface area contributed by atoms with Crippen molar-refractivity contribution in [1.29, 1.82) is 0 Å². The van der Waals surface area contributed by atoms with Crippen LogP contribution < -0.4 is 0 Å². The summed E-state index contributed by atoms with van der Waals surface area (Å²) in [6.07, 6.45) is 5.18. The molecule has 1 atom stereocenters. The summed E-state index contributed by atoms with van der Waals surface area (Å²) in [7, 11) is 0. The highest BCUT2D eigenvalue weighted by atomic mass is 15.2. The van der Waals surface area contributed by atoms with Gasteiger partial charge in [0.25, 0.3) is 0 Å². The van der Waals surface area contributed by atoms with Gasteiger partial charge in [-0.25, -0.2) is 0 Å². The molecule has 1 unspecified atom stereocenters. The summed E-state index contributed by atoms with van der Waals surface area (Å²) in [5, 5.41) is 12.1. The van der Waals surface area contributed by atoms with Crippen molar-refractivity contribution in [1.82, 2.24) is 0 Å². The van der Waals surface area contributed by atoms with E-state index in [1.54, 1.807) is 0 Å². The SMILES string of the molecule is C1=Cc2ccccc2C(N=Nc2cccc3ccccc23)(c2ccccc2)C1. The smallest absolute Gasteiger partial charge is 0.136 e. The van der Waals surface area contributed by atoms with Gasteiger partial charge < -0.3 is 0 Å². The van der Waals surface area contributed by atoms with E-state index >= 15 is 0 Å². The Labute approximate surface area is 164 Å². The quantitative estimate of drug-likeness (QED) is 0.343. The first-order valence-electron chi connectivity index (χ1n) is 9.59. The van der Waals surface area contributed by atoms with Gasteiger partial charge in [-0.2, -0.15) is 10.2 Å². The van der Waals surface area contributed by atoms with Crippen molar-refractivity contribution in [3.63, 3.8) is 0 Å². The molecule has 1 aliphatic carbocycles. The second-order valence-electron chi connectivity index (χ2n) is 7.12. The maximum atomic E-state index is 5.02. The molecule has 28 heavy (non-hydrogen) atoms. The van der Waals surface area contributed by atoms with Crippen molar-refractivity contribution in [3.05, 3.63) is 120 Å². The van der Waals surface area contributed by atoms with Crippen molar-refractivity contribution in [2.75, 3.05) is 0 Å². The van der Waals surface area contributed by atoms with Crippen LogP contribution in [0.5, 0.6) is 0 Å². The fraction of sp³-hybridized carbons (Fsp3) is 0.0769. The molecule has 0 saturated carbocycles. The number of hydrogen-bond donors (Lipinski definition) is 0. The molecule has 4 aromatic carbocycles. The van der Waals surface area contributed by atoms with E-state index in [1.165, 1.54) is 16.5 Å². The third-order valence-electron chi connectivity index (χ3n) is 5.46. The molecule has 0 aliphatic heterocycles. The minimum atomic E-state index is -0.510. The lowest BCUT2D eigenvalue weighted by atomic mass is 9.76. The summed E-state index contributed by atoms with van der Waals surface area (Å²) < 4.78 is 0. The van der Waals surface area contributed by atoms with Gasteiger partial charge in [-0.15, -0.1) is 0 Å². The largest absolute Gasteiger partial charge is 0.172 e. The van der Waals surface area contributed by atoms with Crippen LogP contribution in [-0.2, 0) is 5.54 Å². The molecule has 2 heteroatoms. The Balaban J connectivity index is 1.71. The summed E-state index contributed by atoms with van der Waals surface area (Å²) in [5.41, 5.74) is 3.96. The predicted octanol–water partition coefficient (Wildman–Crippen LogP) is 7.28. The molecule has 2 nitrogen and oxygen atoms in total. The maximum absolute atomic E-state index is 5.02. The van der Waals surface area contributed by atoms with E-state index < -0.39 is 5.54 Å². The normalized spacial score (nSPS) is 18.4. The second kappa shape index (κ2) is 6.90. The van der Waals surface area contributed by atoms with Crippen LogP contribution in [-0.4, -0.2) is 0 Å². The Morgan fingerprint density at radius 3 is 2.36 bits per heavy atom. The summed E-state index contributed by atoms with van der Waals surface area (Å²) >= 11 is 0. The van der Waals surface area contributed by atoms with Crippen LogP contribution in [0.15, 0.2) is 113 Å². The third kappa shape index (κ3) is 2.74. The fourth-order valence-corrected chi connectivity index (χ4v) is 4.06. The molecule has 0 heterocycles. The molecular weight excluding hydrogens is 340 g/mol. The van der Waals surface area contributed by atoms with Crippen molar-refractivity contribution in [2.45, 2.75) is 12.0 Å². The van der Waals surface area contributed by atoms with Gasteiger partial charge in [0, 0.05) is 11.8 Å². The van der Waals surface area contributed by atoms with Crippen LogP contribution in [0.2, 0.25) is 0 Å². The molecule has 0 bridgehead atoms. The van der Waals surface area contributed by atoms with Crippen molar-refractivity contribution < 1.29 is 0 Å². The molecule has 0 aromatic heterocycles. The lowest BCUT2D eigenvalue weighted by Crippen LogP contribution is -2.27. The number of rotatable bonds is 3. The van der Waals surface area contributed by atoms with Gasteiger partial charge in [0.2, 0.25) is 0 Å². The van der Waals surface area contributed by atoms with E-state index in [4.69, 9.17) is 10.2 Å².